The third-order valence-electron chi connectivity index (χ3n) is 2.96. The Morgan fingerprint density at radius 1 is 1.38 bits per heavy atom. The van der Waals surface area contributed by atoms with Crippen LogP contribution < -0.4 is 5.32 Å². The minimum atomic E-state index is 0. The first kappa shape index (κ1) is 11.0. The Kier molecular flexibility index (Phi) is 3.38. The molecule has 74 valence electrons. The summed E-state index contributed by atoms with van der Waals surface area (Å²) in [6.45, 7) is 2.31. The van der Waals surface area contributed by atoms with Gasteiger partial charge in [-0.15, -0.1) is 12.4 Å². The Balaban J connectivity index is 0.000000845. The Bertz CT molecular complexity index is 284. The summed E-state index contributed by atoms with van der Waals surface area (Å²) in [5.41, 5.74) is 3.48. The van der Waals surface area contributed by atoms with E-state index in [1.807, 2.05) is 11.3 Å². The van der Waals surface area contributed by atoms with Crippen molar-refractivity contribution >= 4 is 23.7 Å². The van der Waals surface area contributed by atoms with Crippen molar-refractivity contribution < 1.29 is 0 Å². The number of nitrogens with one attached hydrogen (secondary N) is 1. The van der Waals surface area contributed by atoms with Crippen molar-refractivity contribution in [2.45, 2.75) is 31.7 Å². The maximum atomic E-state index is 3.42. The van der Waals surface area contributed by atoms with E-state index in [0.29, 0.717) is 5.54 Å². The molecule has 1 N–H and O–H groups in total. The van der Waals surface area contributed by atoms with Gasteiger partial charge in [0.2, 0.25) is 0 Å². The SMILES string of the molecule is CN[C@]1(C)CCc2cscc2C1.Cl. The van der Waals surface area contributed by atoms with Crippen LogP contribution in [0.5, 0.6) is 0 Å². The zero-order valence-corrected chi connectivity index (χ0v) is 9.73. The van der Waals surface area contributed by atoms with Crippen molar-refractivity contribution in [3.05, 3.63) is 21.9 Å². The van der Waals surface area contributed by atoms with E-state index in [4.69, 9.17) is 0 Å². The Labute approximate surface area is 90.0 Å². The fourth-order valence-corrected chi connectivity index (χ4v) is 2.76. The summed E-state index contributed by atoms with van der Waals surface area (Å²) in [6.07, 6.45) is 3.71. The molecule has 0 saturated heterocycles. The molecule has 13 heavy (non-hydrogen) atoms. The molecule has 0 unspecified atom stereocenters. The van der Waals surface area contributed by atoms with Crippen LogP contribution in [0.3, 0.4) is 0 Å². The van der Waals surface area contributed by atoms with Gasteiger partial charge >= 0.3 is 0 Å². The molecule has 0 saturated carbocycles. The maximum Gasteiger partial charge on any atom is 0.0194 e. The minimum absolute atomic E-state index is 0. The second-order valence-corrected chi connectivity index (χ2v) is 4.65. The molecule has 1 aliphatic rings. The average molecular weight is 218 g/mol. The van der Waals surface area contributed by atoms with E-state index in [1.54, 1.807) is 11.1 Å². The van der Waals surface area contributed by atoms with Crippen LogP contribution in [-0.4, -0.2) is 12.6 Å². The van der Waals surface area contributed by atoms with E-state index in [1.165, 1.54) is 19.3 Å². The number of fused-ring (bicyclic) bond motifs is 1. The molecule has 0 amide bonds. The first-order valence-corrected chi connectivity index (χ1v) is 5.41. The second-order valence-electron chi connectivity index (χ2n) is 3.91. The minimum Gasteiger partial charge on any atom is -0.314 e. The van der Waals surface area contributed by atoms with Gasteiger partial charge in [-0.1, -0.05) is 0 Å². The van der Waals surface area contributed by atoms with E-state index in [0.717, 1.165) is 0 Å². The van der Waals surface area contributed by atoms with Gasteiger partial charge in [0.15, 0.2) is 0 Å². The lowest BCUT2D eigenvalue weighted by atomic mass is 9.81. The molecule has 3 heteroatoms. The molecule has 0 spiro atoms. The molecule has 0 fully saturated rings. The predicted molar refractivity (Wildman–Crippen MR) is 61.1 cm³/mol. The number of likely N-dealkylation sites (N-methyl/N-ethyl adjacent to an activating group) is 1. The predicted octanol–water partition coefficient (Wildman–Crippen LogP) is 2.64. The highest BCUT2D eigenvalue weighted by Gasteiger charge is 2.28. The van der Waals surface area contributed by atoms with Gasteiger partial charge in [-0.25, -0.2) is 0 Å². The largest absolute Gasteiger partial charge is 0.314 e. The van der Waals surface area contributed by atoms with E-state index in [-0.39, 0.29) is 12.4 Å². The smallest absolute Gasteiger partial charge is 0.0194 e. The first-order valence-electron chi connectivity index (χ1n) is 4.46. The summed E-state index contributed by atoms with van der Waals surface area (Å²) >= 11 is 1.84. The molecular weight excluding hydrogens is 202 g/mol. The zero-order valence-electron chi connectivity index (χ0n) is 8.09. The lowest BCUT2D eigenvalue weighted by Gasteiger charge is -2.33. The zero-order chi connectivity index (χ0) is 8.60. The molecule has 1 heterocycles. The van der Waals surface area contributed by atoms with Crippen LogP contribution in [-0.2, 0) is 12.8 Å². The molecule has 1 atom stereocenters. The third kappa shape index (κ3) is 2.06. The van der Waals surface area contributed by atoms with Gasteiger partial charge in [0, 0.05) is 5.54 Å². The normalized spacial score (nSPS) is 26.3. The van der Waals surface area contributed by atoms with Gasteiger partial charge in [0.1, 0.15) is 0 Å². The van der Waals surface area contributed by atoms with Crippen molar-refractivity contribution in [2.75, 3.05) is 7.05 Å². The quantitative estimate of drug-likeness (QED) is 0.763. The lowest BCUT2D eigenvalue weighted by Crippen LogP contribution is -2.44. The highest BCUT2D eigenvalue weighted by molar-refractivity contribution is 7.08. The molecule has 2 rings (SSSR count). The highest BCUT2D eigenvalue weighted by Crippen LogP contribution is 2.30. The monoisotopic (exact) mass is 217 g/mol. The van der Waals surface area contributed by atoms with Gasteiger partial charge in [0.05, 0.1) is 0 Å². The number of hydrogen-bond donors (Lipinski definition) is 1. The van der Waals surface area contributed by atoms with Crippen LogP contribution in [0.2, 0.25) is 0 Å². The second kappa shape index (κ2) is 3.99. The maximum absolute atomic E-state index is 3.42. The van der Waals surface area contributed by atoms with E-state index in [2.05, 4.69) is 30.0 Å². The van der Waals surface area contributed by atoms with Gasteiger partial charge in [-0.2, -0.15) is 11.3 Å². The summed E-state index contributed by atoms with van der Waals surface area (Å²) in [6, 6.07) is 0. The number of rotatable bonds is 1. The molecule has 1 aromatic heterocycles. The van der Waals surface area contributed by atoms with Crippen molar-refractivity contribution in [1.82, 2.24) is 5.32 Å². The summed E-state index contributed by atoms with van der Waals surface area (Å²) in [7, 11) is 2.07. The van der Waals surface area contributed by atoms with Gasteiger partial charge in [-0.05, 0) is 55.1 Å². The molecule has 1 aliphatic carbocycles. The van der Waals surface area contributed by atoms with Gasteiger partial charge in [0.25, 0.3) is 0 Å². The molecule has 0 radical (unpaired) electrons. The Morgan fingerprint density at radius 3 is 2.77 bits per heavy atom. The van der Waals surface area contributed by atoms with E-state index in [9.17, 15) is 0 Å². The number of halogens is 1. The van der Waals surface area contributed by atoms with Crippen molar-refractivity contribution in [2.24, 2.45) is 0 Å². The molecule has 1 aromatic rings. The van der Waals surface area contributed by atoms with E-state index < -0.39 is 0 Å². The summed E-state index contributed by atoms with van der Waals surface area (Å²) in [5.74, 6) is 0. The summed E-state index contributed by atoms with van der Waals surface area (Å²) in [5, 5.41) is 8.01. The van der Waals surface area contributed by atoms with Crippen molar-refractivity contribution in [3.63, 3.8) is 0 Å². The van der Waals surface area contributed by atoms with Crippen LogP contribution in [0.1, 0.15) is 24.5 Å². The Morgan fingerprint density at radius 2 is 2.08 bits per heavy atom. The van der Waals surface area contributed by atoms with Gasteiger partial charge < -0.3 is 5.32 Å². The van der Waals surface area contributed by atoms with Crippen LogP contribution in [0, 0.1) is 0 Å². The average Bonchev–Trinajstić information content (AvgIpc) is 2.51. The van der Waals surface area contributed by atoms with E-state index >= 15 is 0 Å². The summed E-state index contributed by atoms with van der Waals surface area (Å²) < 4.78 is 0. The number of hydrogen-bond acceptors (Lipinski definition) is 2. The number of aryl methyl sites for hydroxylation is 1. The molecule has 0 bridgehead atoms. The van der Waals surface area contributed by atoms with Crippen LogP contribution in [0.25, 0.3) is 0 Å². The van der Waals surface area contributed by atoms with Crippen molar-refractivity contribution in [3.8, 4) is 0 Å². The van der Waals surface area contributed by atoms with Crippen LogP contribution in [0.4, 0.5) is 0 Å². The fourth-order valence-electron chi connectivity index (χ4n) is 1.86. The lowest BCUT2D eigenvalue weighted by molar-refractivity contribution is 0.339. The van der Waals surface area contributed by atoms with Crippen LogP contribution >= 0.6 is 23.7 Å². The number of thiophene rings is 1. The fraction of sp³-hybridized carbons (Fsp3) is 0.600. The first-order chi connectivity index (χ1) is 5.73. The standard InChI is InChI=1S/C10H15NS.ClH/c1-10(11-2)4-3-8-6-12-7-9(8)5-10;/h6-7,11H,3-5H2,1-2H3;1H/t10-;/m1./s1. The van der Waals surface area contributed by atoms with Gasteiger partial charge in [-0.3, -0.25) is 0 Å². The van der Waals surface area contributed by atoms with Crippen LogP contribution in [0.15, 0.2) is 10.8 Å². The van der Waals surface area contributed by atoms with Crippen molar-refractivity contribution in [1.29, 1.82) is 0 Å². The molecule has 0 aliphatic heterocycles. The third-order valence-corrected chi connectivity index (χ3v) is 3.80. The highest BCUT2D eigenvalue weighted by atomic mass is 35.5. The topological polar surface area (TPSA) is 12.0 Å². The molecule has 1 nitrogen and oxygen atoms in total. The molecular formula is C10H16ClNS. The Hall–Kier alpha value is -0.0500. The summed E-state index contributed by atoms with van der Waals surface area (Å²) in [4.78, 5) is 0. The molecule has 0 aromatic carbocycles.